The second kappa shape index (κ2) is 5.41. The van der Waals surface area contributed by atoms with E-state index in [2.05, 4.69) is 35.0 Å². The van der Waals surface area contributed by atoms with Crippen LogP contribution in [-0.4, -0.2) is 11.5 Å². The molecule has 0 saturated carbocycles. The van der Waals surface area contributed by atoms with Crippen molar-refractivity contribution in [3.05, 3.63) is 53.0 Å². The van der Waals surface area contributed by atoms with Gasteiger partial charge < -0.3 is 4.90 Å². The van der Waals surface area contributed by atoms with Gasteiger partial charge in [-0.3, -0.25) is 0 Å². The Bertz CT molecular complexity index is 642. The van der Waals surface area contributed by atoms with E-state index in [0.29, 0.717) is 0 Å². The van der Waals surface area contributed by atoms with Crippen molar-refractivity contribution in [1.82, 2.24) is 4.98 Å². The number of benzene rings is 1. The van der Waals surface area contributed by atoms with Gasteiger partial charge in [-0.2, -0.15) is 0 Å². The first-order valence-corrected chi connectivity index (χ1v) is 7.30. The van der Waals surface area contributed by atoms with Crippen LogP contribution in [-0.2, 0) is 12.3 Å². The SMILES string of the molecule is Cc1ccc2c(c1)CCCN2c1ncc(F)cc1CCl. The van der Waals surface area contributed by atoms with Gasteiger partial charge in [-0.1, -0.05) is 17.7 Å². The molecule has 0 atom stereocenters. The Kier molecular flexibility index (Phi) is 3.62. The van der Waals surface area contributed by atoms with Gasteiger partial charge in [0.15, 0.2) is 0 Å². The molecular weight excluding hydrogens is 275 g/mol. The normalized spacial score (nSPS) is 14.2. The van der Waals surface area contributed by atoms with Crippen LogP contribution < -0.4 is 4.90 Å². The van der Waals surface area contributed by atoms with Gasteiger partial charge in [0, 0.05) is 17.8 Å². The molecular formula is C16H16ClFN2. The fourth-order valence-electron chi connectivity index (χ4n) is 2.76. The molecule has 1 aliphatic rings. The zero-order chi connectivity index (χ0) is 14.1. The number of aryl methyl sites for hydroxylation is 2. The Balaban J connectivity index is 2.09. The van der Waals surface area contributed by atoms with Gasteiger partial charge >= 0.3 is 0 Å². The molecule has 1 aromatic carbocycles. The maximum Gasteiger partial charge on any atom is 0.141 e. The number of rotatable bonds is 2. The average Bonchev–Trinajstić information content (AvgIpc) is 2.46. The number of alkyl halides is 1. The van der Waals surface area contributed by atoms with Crippen molar-refractivity contribution >= 4 is 23.1 Å². The van der Waals surface area contributed by atoms with Crippen molar-refractivity contribution in [2.24, 2.45) is 0 Å². The van der Waals surface area contributed by atoms with Gasteiger partial charge in [0.05, 0.1) is 12.1 Å². The number of hydrogen-bond acceptors (Lipinski definition) is 2. The molecule has 0 radical (unpaired) electrons. The summed E-state index contributed by atoms with van der Waals surface area (Å²) in [7, 11) is 0. The minimum Gasteiger partial charge on any atom is -0.326 e. The van der Waals surface area contributed by atoms with Crippen molar-refractivity contribution < 1.29 is 4.39 Å². The van der Waals surface area contributed by atoms with Crippen LogP contribution in [0.1, 0.15) is 23.1 Å². The summed E-state index contributed by atoms with van der Waals surface area (Å²) in [6.45, 7) is 2.98. The van der Waals surface area contributed by atoms with Crippen LogP contribution >= 0.6 is 11.6 Å². The standard InChI is InChI=1S/C16H16ClFN2/c1-11-4-5-15-12(7-11)3-2-6-20(15)16-13(9-17)8-14(18)10-19-16/h4-5,7-8,10H,2-3,6,9H2,1H3. The molecule has 0 aliphatic carbocycles. The predicted molar refractivity (Wildman–Crippen MR) is 80.3 cm³/mol. The average molecular weight is 291 g/mol. The van der Waals surface area contributed by atoms with Crippen molar-refractivity contribution in [3.63, 3.8) is 0 Å². The summed E-state index contributed by atoms with van der Waals surface area (Å²) in [4.78, 5) is 6.41. The number of pyridine rings is 1. The Morgan fingerprint density at radius 2 is 2.20 bits per heavy atom. The van der Waals surface area contributed by atoms with E-state index in [4.69, 9.17) is 11.6 Å². The monoisotopic (exact) mass is 290 g/mol. The molecule has 20 heavy (non-hydrogen) atoms. The van der Waals surface area contributed by atoms with Crippen molar-refractivity contribution in [2.45, 2.75) is 25.6 Å². The molecule has 2 heterocycles. The highest BCUT2D eigenvalue weighted by molar-refractivity contribution is 6.17. The second-order valence-electron chi connectivity index (χ2n) is 5.16. The van der Waals surface area contributed by atoms with Crippen LogP contribution in [0.2, 0.25) is 0 Å². The number of aromatic nitrogens is 1. The number of nitrogens with zero attached hydrogens (tertiary/aromatic N) is 2. The van der Waals surface area contributed by atoms with E-state index < -0.39 is 0 Å². The Morgan fingerprint density at radius 3 is 3.00 bits per heavy atom. The molecule has 1 aromatic heterocycles. The van der Waals surface area contributed by atoms with E-state index in [9.17, 15) is 4.39 Å². The molecule has 1 aliphatic heterocycles. The topological polar surface area (TPSA) is 16.1 Å². The van der Waals surface area contributed by atoms with Crippen LogP contribution in [0.5, 0.6) is 0 Å². The van der Waals surface area contributed by atoms with E-state index in [0.717, 1.165) is 36.5 Å². The van der Waals surface area contributed by atoms with Crippen LogP contribution in [0, 0.1) is 12.7 Å². The summed E-state index contributed by atoms with van der Waals surface area (Å²) >= 11 is 5.94. The minimum atomic E-state index is -0.342. The van der Waals surface area contributed by atoms with Crippen molar-refractivity contribution in [1.29, 1.82) is 0 Å². The molecule has 0 spiro atoms. The molecule has 4 heteroatoms. The van der Waals surface area contributed by atoms with E-state index in [1.807, 2.05) is 0 Å². The minimum absolute atomic E-state index is 0.262. The summed E-state index contributed by atoms with van der Waals surface area (Å²) in [6.07, 6.45) is 3.40. The molecule has 0 bridgehead atoms. The lowest BCUT2D eigenvalue weighted by Crippen LogP contribution is -2.26. The van der Waals surface area contributed by atoms with Crippen molar-refractivity contribution in [2.75, 3.05) is 11.4 Å². The molecule has 0 unspecified atom stereocenters. The maximum atomic E-state index is 13.3. The summed E-state index contributed by atoms with van der Waals surface area (Å²) in [6, 6.07) is 7.90. The van der Waals surface area contributed by atoms with Crippen LogP contribution in [0.25, 0.3) is 0 Å². The number of anilines is 2. The van der Waals surface area contributed by atoms with Gasteiger partial charge in [0.1, 0.15) is 11.6 Å². The van der Waals surface area contributed by atoms with Gasteiger partial charge in [-0.05, 0) is 37.5 Å². The Hall–Kier alpha value is -1.61. The third-order valence-corrected chi connectivity index (χ3v) is 3.95. The first-order valence-electron chi connectivity index (χ1n) is 6.76. The van der Waals surface area contributed by atoms with Crippen molar-refractivity contribution in [3.8, 4) is 0 Å². The molecule has 104 valence electrons. The third kappa shape index (κ3) is 2.38. The zero-order valence-electron chi connectivity index (χ0n) is 11.4. The number of fused-ring (bicyclic) bond motifs is 1. The van der Waals surface area contributed by atoms with Gasteiger partial charge in [-0.15, -0.1) is 11.6 Å². The molecule has 0 N–H and O–H groups in total. The number of hydrogen-bond donors (Lipinski definition) is 0. The molecule has 0 saturated heterocycles. The van der Waals surface area contributed by atoms with Crippen LogP contribution in [0.15, 0.2) is 30.5 Å². The quantitative estimate of drug-likeness (QED) is 0.764. The van der Waals surface area contributed by atoms with Crippen LogP contribution in [0.4, 0.5) is 15.9 Å². The summed E-state index contributed by atoms with van der Waals surface area (Å²) < 4.78 is 13.3. The first kappa shape index (κ1) is 13.4. The lowest BCUT2D eigenvalue weighted by molar-refractivity contribution is 0.618. The van der Waals surface area contributed by atoms with E-state index in [1.54, 1.807) is 0 Å². The molecule has 3 rings (SSSR count). The van der Waals surface area contributed by atoms with E-state index in [-0.39, 0.29) is 11.7 Å². The fourth-order valence-corrected chi connectivity index (χ4v) is 2.96. The zero-order valence-corrected chi connectivity index (χ0v) is 12.1. The summed E-state index contributed by atoms with van der Waals surface area (Å²) in [5, 5.41) is 0. The third-order valence-electron chi connectivity index (χ3n) is 3.66. The molecule has 2 aromatic rings. The second-order valence-corrected chi connectivity index (χ2v) is 5.42. The highest BCUT2D eigenvalue weighted by Crippen LogP contribution is 2.35. The lowest BCUT2D eigenvalue weighted by Gasteiger charge is -2.31. The Labute approximate surface area is 123 Å². The molecule has 0 amide bonds. The van der Waals surface area contributed by atoms with Gasteiger partial charge in [0.25, 0.3) is 0 Å². The van der Waals surface area contributed by atoms with E-state index in [1.165, 1.54) is 23.4 Å². The van der Waals surface area contributed by atoms with E-state index >= 15 is 0 Å². The Morgan fingerprint density at radius 1 is 1.35 bits per heavy atom. The number of halogens is 2. The smallest absolute Gasteiger partial charge is 0.141 e. The fraction of sp³-hybridized carbons (Fsp3) is 0.312. The first-order chi connectivity index (χ1) is 9.69. The maximum absolute atomic E-state index is 13.3. The lowest BCUT2D eigenvalue weighted by atomic mass is 9.99. The summed E-state index contributed by atoms with van der Waals surface area (Å²) in [5.41, 5.74) is 4.48. The molecule has 0 fully saturated rings. The highest BCUT2D eigenvalue weighted by atomic mass is 35.5. The molecule has 2 nitrogen and oxygen atoms in total. The van der Waals surface area contributed by atoms with Crippen LogP contribution in [0.3, 0.4) is 0 Å². The predicted octanol–water partition coefficient (Wildman–Crippen LogP) is 4.35. The largest absolute Gasteiger partial charge is 0.326 e. The summed E-state index contributed by atoms with van der Waals surface area (Å²) in [5.74, 6) is 0.689. The van der Waals surface area contributed by atoms with Gasteiger partial charge in [-0.25, -0.2) is 9.37 Å². The highest BCUT2D eigenvalue weighted by Gasteiger charge is 2.21. The van der Waals surface area contributed by atoms with Gasteiger partial charge in [0.2, 0.25) is 0 Å².